The fraction of sp³-hybridized carbons (Fsp3) is 0.360. The number of rotatable bonds is 6. The number of aromatic nitrogens is 1. The summed E-state index contributed by atoms with van der Waals surface area (Å²) in [6.07, 6.45) is 6.44. The lowest BCUT2D eigenvalue weighted by Crippen LogP contribution is -2.66. The number of halogens is 2. The predicted octanol–water partition coefficient (Wildman–Crippen LogP) is 4.34. The van der Waals surface area contributed by atoms with Gasteiger partial charge in [-0.3, -0.25) is 4.98 Å². The molecule has 1 saturated carbocycles. The Hall–Kier alpha value is -3.10. The fourth-order valence-electron chi connectivity index (χ4n) is 5.05. The minimum atomic E-state index is -0.349. The topological polar surface area (TPSA) is 74.5 Å². The molecule has 0 atom stereocenters. The third-order valence-corrected chi connectivity index (χ3v) is 6.93. The SMILES string of the molecule is C=Cc1cc(F)ccc1N=C(/C(Cl)=N\N=C)N1CC2(CC(Oc3ccnc4c3CNCC4)C2)C1. The fourth-order valence-corrected chi connectivity index (χ4v) is 5.27. The zero-order valence-corrected chi connectivity index (χ0v) is 19.6. The maximum atomic E-state index is 13.6. The van der Waals surface area contributed by atoms with Crippen LogP contribution in [0.25, 0.3) is 6.08 Å². The van der Waals surface area contributed by atoms with Crippen LogP contribution in [0.2, 0.25) is 0 Å². The van der Waals surface area contributed by atoms with Gasteiger partial charge in [0.15, 0.2) is 11.0 Å². The average molecular weight is 481 g/mol. The van der Waals surface area contributed by atoms with Crippen molar-refractivity contribution in [2.45, 2.75) is 31.9 Å². The van der Waals surface area contributed by atoms with Crippen LogP contribution in [0.4, 0.5) is 10.1 Å². The molecule has 176 valence electrons. The van der Waals surface area contributed by atoms with Gasteiger partial charge in [-0.2, -0.15) is 5.10 Å². The van der Waals surface area contributed by atoms with Crippen molar-refractivity contribution in [2.24, 2.45) is 20.6 Å². The number of pyridine rings is 1. The van der Waals surface area contributed by atoms with Crippen LogP contribution in [0.3, 0.4) is 0 Å². The molecule has 0 amide bonds. The van der Waals surface area contributed by atoms with Crippen molar-refractivity contribution in [1.29, 1.82) is 0 Å². The lowest BCUT2D eigenvalue weighted by Gasteiger charge is -2.59. The van der Waals surface area contributed by atoms with Crippen molar-refractivity contribution in [1.82, 2.24) is 15.2 Å². The molecule has 5 rings (SSSR count). The second kappa shape index (κ2) is 9.27. The summed E-state index contributed by atoms with van der Waals surface area (Å²) in [6.45, 7) is 10.5. The van der Waals surface area contributed by atoms with Gasteiger partial charge in [0.05, 0.1) is 5.69 Å². The summed E-state index contributed by atoms with van der Waals surface area (Å²) in [7, 11) is 0. The highest BCUT2D eigenvalue weighted by molar-refractivity contribution is 6.83. The van der Waals surface area contributed by atoms with Gasteiger partial charge in [-0.1, -0.05) is 24.3 Å². The number of hydrogen-bond acceptors (Lipinski definition) is 6. The zero-order valence-electron chi connectivity index (χ0n) is 18.8. The normalized spacial score (nSPS) is 19.8. The quantitative estimate of drug-likeness (QED) is 0.379. The van der Waals surface area contributed by atoms with Crippen LogP contribution in [0, 0.1) is 11.2 Å². The van der Waals surface area contributed by atoms with Crippen molar-refractivity contribution in [3.8, 4) is 5.75 Å². The first-order valence-electron chi connectivity index (χ1n) is 11.3. The van der Waals surface area contributed by atoms with E-state index in [0.29, 0.717) is 17.1 Å². The Kier molecular flexibility index (Phi) is 6.18. The number of nitrogens with zero attached hydrogens (tertiary/aromatic N) is 5. The number of nitrogens with one attached hydrogen (secondary N) is 1. The van der Waals surface area contributed by atoms with Crippen molar-refractivity contribution in [3.05, 3.63) is 59.7 Å². The summed E-state index contributed by atoms with van der Waals surface area (Å²) in [5, 5.41) is 11.0. The number of amidine groups is 1. The molecule has 2 aromatic rings. The van der Waals surface area contributed by atoms with Crippen molar-refractivity contribution in [2.75, 3.05) is 19.6 Å². The number of fused-ring (bicyclic) bond motifs is 1. The van der Waals surface area contributed by atoms with Crippen molar-refractivity contribution < 1.29 is 9.13 Å². The minimum Gasteiger partial charge on any atom is -0.490 e. The van der Waals surface area contributed by atoms with Gasteiger partial charge < -0.3 is 15.0 Å². The number of likely N-dealkylation sites (tertiary alicyclic amines) is 1. The maximum Gasteiger partial charge on any atom is 0.194 e. The highest BCUT2D eigenvalue weighted by Gasteiger charge is 2.54. The van der Waals surface area contributed by atoms with E-state index in [-0.39, 0.29) is 22.5 Å². The molecule has 1 spiro atoms. The first-order chi connectivity index (χ1) is 16.5. The molecule has 1 aliphatic carbocycles. The first-order valence-corrected chi connectivity index (χ1v) is 11.7. The van der Waals surface area contributed by atoms with Gasteiger partial charge in [0.1, 0.15) is 17.7 Å². The Labute approximate surface area is 203 Å². The summed E-state index contributed by atoms with van der Waals surface area (Å²) in [5.74, 6) is 1.08. The Balaban J connectivity index is 1.27. The lowest BCUT2D eigenvalue weighted by atomic mass is 9.61. The number of benzene rings is 1. The standard InChI is InChI=1S/C25H26ClFN6O/c1-3-16-10-17(27)4-5-20(16)31-24(23(26)32-28-2)33-14-25(15-33)11-18(12-25)34-22-7-9-30-21-6-8-29-13-19(21)22/h3-5,7,9-10,18,29H,1-2,6,8,11-15H2/b31-24?,32-23+. The Morgan fingerprint density at radius 2 is 2.15 bits per heavy atom. The zero-order chi connectivity index (χ0) is 23.7. The van der Waals surface area contributed by atoms with Crippen LogP contribution in [0.15, 0.2) is 52.2 Å². The van der Waals surface area contributed by atoms with Crippen molar-refractivity contribution >= 4 is 41.1 Å². The van der Waals surface area contributed by atoms with Gasteiger partial charge in [0, 0.05) is 67.8 Å². The van der Waals surface area contributed by atoms with Gasteiger partial charge in [0.2, 0.25) is 0 Å². The number of aliphatic imine (C=N–C) groups is 1. The molecule has 2 aliphatic heterocycles. The highest BCUT2D eigenvalue weighted by atomic mass is 35.5. The van der Waals surface area contributed by atoms with Crippen LogP contribution in [0.5, 0.6) is 5.75 Å². The minimum absolute atomic E-state index is 0.146. The largest absolute Gasteiger partial charge is 0.490 e. The Morgan fingerprint density at radius 3 is 2.91 bits per heavy atom. The molecule has 1 N–H and O–H groups in total. The molecule has 9 heteroatoms. The third-order valence-electron chi connectivity index (χ3n) is 6.69. The van der Waals surface area contributed by atoms with Crippen LogP contribution in [-0.4, -0.2) is 53.3 Å². The molecule has 34 heavy (non-hydrogen) atoms. The second-order valence-electron chi connectivity index (χ2n) is 9.04. The van der Waals surface area contributed by atoms with E-state index in [4.69, 9.17) is 16.3 Å². The maximum absolute atomic E-state index is 13.6. The number of ether oxygens (including phenoxy) is 1. The third kappa shape index (κ3) is 4.35. The lowest BCUT2D eigenvalue weighted by molar-refractivity contribution is -0.0921. The van der Waals surface area contributed by atoms with E-state index < -0.39 is 0 Å². The summed E-state index contributed by atoms with van der Waals surface area (Å²) in [5.41, 5.74) is 3.62. The van der Waals surface area contributed by atoms with E-state index in [2.05, 4.69) is 43.7 Å². The number of hydrogen-bond donors (Lipinski definition) is 1. The molecule has 7 nitrogen and oxygen atoms in total. The molecular formula is C25H26ClFN6O. The van der Waals surface area contributed by atoms with Gasteiger partial charge >= 0.3 is 0 Å². The molecule has 2 fully saturated rings. The van der Waals surface area contributed by atoms with E-state index in [1.807, 2.05) is 12.3 Å². The summed E-state index contributed by atoms with van der Waals surface area (Å²) < 4.78 is 20.0. The monoisotopic (exact) mass is 480 g/mol. The Morgan fingerprint density at radius 1 is 1.32 bits per heavy atom. The molecule has 3 heterocycles. The predicted molar refractivity (Wildman–Crippen MR) is 134 cm³/mol. The molecule has 0 bridgehead atoms. The molecule has 1 aromatic heterocycles. The van der Waals surface area contributed by atoms with E-state index in [1.165, 1.54) is 17.7 Å². The van der Waals surface area contributed by atoms with E-state index in [0.717, 1.165) is 56.9 Å². The highest BCUT2D eigenvalue weighted by Crippen LogP contribution is 2.50. The molecule has 1 saturated heterocycles. The van der Waals surface area contributed by atoms with Crippen LogP contribution < -0.4 is 10.1 Å². The summed E-state index contributed by atoms with van der Waals surface area (Å²) in [6, 6.07) is 6.32. The van der Waals surface area contributed by atoms with Crippen LogP contribution >= 0.6 is 11.6 Å². The van der Waals surface area contributed by atoms with E-state index in [9.17, 15) is 4.39 Å². The Bertz CT molecular complexity index is 1180. The van der Waals surface area contributed by atoms with Crippen molar-refractivity contribution in [3.63, 3.8) is 0 Å². The smallest absolute Gasteiger partial charge is 0.194 e. The summed E-state index contributed by atoms with van der Waals surface area (Å²) in [4.78, 5) is 11.2. The molecule has 1 aromatic carbocycles. The molecule has 0 unspecified atom stereocenters. The first kappa shape index (κ1) is 22.7. The van der Waals surface area contributed by atoms with Crippen LogP contribution in [-0.2, 0) is 13.0 Å². The molecular weight excluding hydrogens is 455 g/mol. The van der Waals surface area contributed by atoms with Gasteiger partial charge in [-0.05, 0) is 37.1 Å². The van der Waals surface area contributed by atoms with Gasteiger partial charge in [-0.25, -0.2) is 9.38 Å². The van der Waals surface area contributed by atoms with Crippen LogP contribution in [0.1, 0.15) is 29.7 Å². The average Bonchev–Trinajstić information content (AvgIpc) is 2.79. The molecule has 0 radical (unpaired) electrons. The summed E-state index contributed by atoms with van der Waals surface area (Å²) >= 11 is 6.40. The van der Waals surface area contributed by atoms with Gasteiger partial charge in [-0.15, -0.1) is 5.10 Å². The second-order valence-corrected chi connectivity index (χ2v) is 9.40. The van der Waals surface area contributed by atoms with Gasteiger partial charge in [0.25, 0.3) is 0 Å². The molecule has 3 aliphatic rings. The van der Waals surface area contributed by atoms with E-state index >= 15 is 0 Å². The van der Waals surface area contributed by atoms with E-state index in [1.54, 1.807) is 12.1 Å².